The van der Waals surface area contributed by atoms with E-state index in [1.165, 1.54) is 7.11 Å². The standard InChI is InChI=1S/C8H17NO3/c1-6(2)7(8(11)12-3)9-4-5-10/h6-7,9-10H,4-5H2,1-3H3. The highest BCUT2D eigenvalue weighted by atomic mass is 16.5. The number of carbonyl (C=O) groups excluding carboxylic acids is 1. The fraction of sp³-hybridized carbons (Fsp3) is 0.875. The predicted molar refractivity (Wildman–Crippen MR) is 45.7 cm³/mol. The van der Waals surface area contributed by atoms with Crippen LogP contribution in [0.25, 0.3) is 0 Å². The molecular formula is C8H17NO3. The second kappa shape index (κ2) is 5.97. The zero-order valence-electron chi connectivity index (χ0n) is 7.83. The van der Waals surface area contributed by atoms with Crippen molar-refractivity contribution in [2.45, 2.75) is 19.9 Å². The van der Waals surface area contributed by atoms with Crippen LogP contribution in [-0.2, 0) is 9.53 Å². The maximum atomic E-state index is 11.1. The molecule has 0 aromatic carbocycles. The summed E-state index contributed by atoms with van der Waals surface area (Å²) >= 11 is 0. The normalized spacial score (nSPS) is 13.1. The molecule has 12 heavy (non-hydrogen) atoms. The Kier molecular flexibility index (Phi) is 5.66. The highest BCUT2D eigenvalue weighted by Crippen LogP contribution is 2.02. The number of hydrogen-bond donors (Lipinski definition) is 2. The van der Waals surface area contributed by atoms with E-state index in [0.29, 0.717) is 6.54 Å². The molecule has 4 heteroatoms. The Bertz CT molecular complexity index is 136. The first kappa shape index (κ1) is 11.4. The van der Waals surface area contributed by atoms with E-state index in [2.05, 4.69) is 10.1 Å². The molecule has 0 amide bonds. The molecule has 0 rings (SSSR count). The van der Waals surface area contributed by atoms with Crippen LogP contribution >= 0.6 is 0 Å². The molecule has 0 aromatic heterocycles. The molecule has 4 nitrogen and oxygen atoms in total. The van der Waals surface area contributed by atoms with Gasteiger partial charge in [0.25, 0.3) is 0 Å². The quantitative estimate of drug-likeness (QED) is 0.566. The molecule has 0 bridgehead atoms. The minimum atomic E-state index is -0.317. The highest BCUT2D eigenvalue weighted by molar-refractivity contribution is 5.75. The molecule has 0 aliphatic carbocycles. The van der Waals surface area contributed by atoms with Gasteiger partial charge >= 0.3 is 5.97 Å². The van der Waals surface area contributed by atoms with Gasteiger partial charge in [0.15, 0.2) is 0 Å². The first-order valence-corrected chi connectivity index (χ1v) is 4.05. The van der Waals surface area contributed by atoms with Gasteiger partial charge in [-0.25, -0.2) is 0 Å². The van der Waals surface area contributed by atoms with Gasteiger partial charge in [0.1, 0.15) is 6.04 Å². The average molecular weight is 175 g/mol. The largest absolute Gasteiger partial charge is 0.468 e. The topological polar surface area (TPSA) is 58.6 Å². The Morgan fingerprint density at radius 2 is 2.17 bits per heavy atom. The first-order chi connectivity index (χ1) is 5.63. The van der Waals surface area contributed by atoms with Crippen LogP contribution in [0.15, 0.2) is 0 Å². The SMILES string of the molecule is COC(=O)C(NCCO)C(C)C. The molecule has 1 atom stereocenters. The van der Waals surface area contributed by atoms with Gasteiger partial charge in [-0.2, -0.15) is 0 Å². The van der Waals surface area contributed by atoms with Crippen molar-refractivity contribution < 1.29 is 14.6 Å². The van der Waals surface area contributed by atoms with Crippen LogP contribution in [-0.4, -0.2) is 37.4 Å². The molecule has 0 aliphatic heterocycles. The fourth-order valence-electron chi connectivity index (χ4n) is 0.938. The van der Waals surface area contributed by atoms with Crippen molar-refractivity contribution in [2.24, 2.45) is 5.92 Å². The van der Waals surface area contributed by atoms with Gasteiger partial charge in [-0.05, 0) is 5.92 Å². The fourth-order valence-corrected chi connectivity index (χ4v) is 0.938. The number of aliphatic hydroxyl groups is 1. The Hall–Kier alpha value is -0.610. The summed E-state index contributed by atoms with van der Waals surface area (Å²) in [7, 11) is 1.36. The first-order valence-electron chi connectivity index (χ1n) is 4.05. The van der Waals surface area contributed by atoms with Gasteiger partial charge in [0.2, 0.25) is 0 Å². The summed E-state index contributed by atoms with van der Waals surface area (Å²) in [6.45, 7) is 4.29. The Labute approximate surface area is 72.9 Å². The second-order valence-corrected chi connectivity index (χ2v) is 2.92. The lowest BCUT2D eigenvalue weighted by molar-refractivity contribution is -0.144. The number of esters is 1. The van der Waals surface area contributed by atoms with Crippen molar-refractivity contribution in [3.8, 4) is 0 Å². The van der Waals surface area contributed by atoms with Gasteiger partial charge in [0, 0.05) is 6.54 Å². The van der Waals surface area contributed by atoms with Crippen LogP contribution in [0.2, 0.25) is 0 Å². The maximum Gasteiger partial charge on any atom is 0.323 e. The molecule has 0 heterocycles. The lowest BCUT2D eigenvalue weighted by atomic mass is 10.1. The lowest BCUT2D eigenvalue weighted by Gasteiger charge is -2.18. The molecular weight excluding hydrogens is 158 g/mol. The Balaban J connectivity index is 3.95. The van der Waals surface area contributed by atoms with E-state index in [-0.39, 0.29) is 24.5 Å². The molecule has 0 fully saturated rings. The zero-order chi connectivity index (χ0) is 9.56. The highest BCUT2D eigenvalue weighted by Gasteiger charge is 2.21. The van der Waals surface area contributed by atoms with E-state index in [0.717, 1.165) is 0 Å². The summed E-state index contributed by atoms with van der Waals surface area (Å²) in [5.41, 5.74) is 0. The minimum Gasteiger partial charge on any atom is -0.468 e. The van der Waals surface area contributed by atoms with Crippen LogP contribution in [0.4, 0.5) is 0 Å². The van der Waals surface area contributed by atoms with Gasteiger partial charge in [0.05, 0.1) is 13.7 Å². The van der Waals surface area contributed by atoms with E-state index >= 15 is 0 Å². The van der Waals surface area contributed by atoms with Crippen molar-refractivity contribution in [1.29, 1.82) is 0 Å². The smallest absolute Gasteiger partial charge is 0.323 e. The van der Waals surface area contributed by atoms with Crippen molar-refractivity contribution in [3.63, 3.8) is 0 Å². The van der Waals surface area contributed by atoms with E-state index in [4.69, 9.17) is 5.11 Å². The van der Waals surface area contributed by atoms with Gasteiger partial charge in [-0.3, -0.25) is 4.79 Å². The lowest BCUT2D eigenvalue weighted by Crippen LogP contribution is -2.42. The van der Waals surface area contributed by atoms with Crippen LogP contribution in [0.5, 0.6) is 0 Å². The summed E-state index contributed by atoms with van der Waals surface area (Å²) in [4.78, 5) is 11.1. The number of hydrogen-bond acceptors (Lipinski definition) is 4. The molecule has 0 spiro atoms. The third kappa shape index (κ3) is 3.69. The second-order valence-electron chi connectivity index (χ2n) is 2.92. The summed E-state index contributed by atoms with van der Waals surface area (Å²) < 4.78 is 4.59. The summed E-state index contributed by atoms with van der Waals surface area (Å²) in [5, 5.41) is 11.4. The van der Waals surface area contributed by atoms with Crippen LogP contribution < -0.4 is 5.32 Å². The Morgan fingerprint density at radius 1 is 1.58 bits per heavy atom. The molecule has 0 aromatic rings. The van der Waals surface area contributed by atoms with Gasteiger partial charge < -0.3 is 15.2 Å². The number of rotatable bonds is 5. The van der Waals surface area contributed by atoms with Crippen molar-refractivity contribution >= 4 is 5.97 Å². The van der Waals surface area contributed by atoms with Crippen LogP contribution in [0, 0.1) is 5.92 Å². The van der Waals surface area contributed by atoms with E-state index in [9.17, 15) is 4.79 Å². The summed E-state index contributed by atoms with van der Waals surface area (Å²) in [6, 6.07) is -0.317. The average Bonchev–Trinajstić information content (AvgIpc) is 2.04. The van der Waals surface area contributed by atoms with Crippen LogP contribution in [0.3, 0.4) is 0 Å². The third-order valence-electron chi connectivity index (χ3n) is 1.60. The predicted octanol–water partition coefficient (Wildman–Crippen LogP) is -0.234. The number of aliphatic hydroxyl groups excluding tert-OH is 1. The number of carbonyl (C=O) groups is 1. The molecule has 0 radical (unpaired) electrons. The maximum absolute atomic E-state index is 11.1. The van der Waals surface area contributed by atoms with Crippen molar-refractivity contribution in [1.82, 2.24) is 5.32 Å². The monoisotopic (exact) mass is 175 g/mol. The minimum absolute atomic E-state index is 0.0280. The molecule has 0 saturated heterocycles. The molecule has 0 aliphatic rings. The molecule has 72 valence electrons. The van der Waals surface area contributed by atoms with Crippen molar-refractivity contribution in [3.05, 3.63) is 0 Å². The molecule has 2 N–H and O–H groups in total. The molecule has 0 saturated carbocycles. The third-order valence-corrected chi connectivity index (χ3v) is 1.60. The summed E-state index contributed by atoms with van der Waals surface area (Å²) in [6.07, 6.45) is 0. The van der Waals surface area contributed by atoms with E-state index in [1.807, 2.05) is 13.8 Å². The number of nitrogens with one attached hydrogen (secondary N) is 1. The zero-order valence-corrected chi connectivity index (χ0v) is 7.83. The van der Waals surface area contributed by atoms with Crippen LogP contribution in [0.1, 0.15) is 13.8 Å². The van der Waals surface area contributed by atoms with Gasteiger partial charge in [-0.1, -0.05) is 13.8 Å². The van der Waals surface area contributed by atoms with Gasteiger partial charge in [-0.15, -0.1) is 0 Å². The van der Waals surface area contributed by atoms with E-state index in [1.54, 1.807) is 0 Å². The number of methoxy groups -OCH3 is 1. The van der Waals surface area contributed by atoms with Crippen molar-refractivity contribution in [2.75, 3.05) is 20.3 Å². The Morgan fingerprint density at radius 3 is 2.50 bits per heavy atom. The summed E-state index contributed by atoms with van der Waals surface area (Å²) in [5.74, 6) is -0.109. The van der Waals surface area contributed by atoms with E-state index < -0.39 is 0 Å². The number of ether oxygens (including phenoxy) is 1. The molecule has 1 unspecified atom stereocenters.